The molecule has 3 aromatic carbocycles. The first kappa shape index (κ1) is 22.9. The molecule has 1 N–H and O–H groups in total. The van der Waals surface area contributed by atoms with Crippen LogP contribution in [0, 0.1) is 0 Å². The predicted octanol–water partition coefficient (Wildman–Crippen LogP) is 3.91. The van der Waals surface area contributed by atoms with Crippen molar-refractivity contribution in [2.75, 3.05) is 11.6 Å². The molecule has 0 amide bonds. The molecule has 3 aliphatic rings. The molecule has 7 rings (SSSR count). The van der Waals surface area contributed by atoms with Crippen molar-refractivity contribution in [3.63, 3.8) is 0 Å². The van der Waals surface area contributed by atoms with E-state index in [1.54, 1.807) is 36.5 Å². The number of benzene rings is 3. The molecule has 0 bridgehead atoms. The molecule has 7 nitrogen and oxygen atoms in total. The van der Waals surface area contributed by atoms with Gasteiger partial charge in [0.1, 0.15) is 5.70 Å². The molecule has 0 fully saturated rings. The van der Waals surface area contributed by atoms with Crippen molar-refractivity contribution in [1.29, 1.82) is 0 Å². The molecule has 188 valence electrons. The molecule has 0 atom stereocenters. The monoisotopic (exact) mass is 512 g/mol. The third kappa shape index (κ3) is 3.30. The van der Waals surface area contributed by atoms with Crippen LogP contribution in [0.2, 0.25) is 0 Å². The zero-order valence-electron chi connectivity index (χ0n) is 21.0. The number of para-hydroxylation sites is 1. The summed E-state index contributed by atoms with van der Waals surface area (Å²) in [5, 5.41) is 3.83. The van der Waals surface area contributed by atoms with Crippen LogP contribution in [0.25, 0.3) is 11.8 Å². The van der Waals surface area contributed by atoms with Crippen molar-refractivity contribution in [2.24, 2.45) is 0 Å². The fraction of sp³-hybridized carbons (Fsp3) is 0.0625. The van der Waals surface area contributed by atoms with Gasteiger partial charge < -0.3 is 4.42 Å². The molecular weight excluding hydrogens is 490 g/mol. The number of nitrogens with zero attached hydrogens (tertiary/aromatic N) is 2. The number of carbonyl (C=O) groups excluding carboxylic acids is 3. The van der Waals surface area contributed by atoms with E-state index in [2.05, 4.69) is 4.99 Å². The Bertz CT molecular complexity index is 1810. The van der Waals surface area contributed by atoms with Gasteiger partial charge in [-0.3, -0.25) is 19.4 Å². The number of allylic oxidation sites excluding steroid dienone is 1. The maximum atomic E-state index is 13.8. The lowest BCUT2D eigenvalue weighted by Gasteiger charge is -2.30. The molecular formula is C32H22N3O4+. The van der Waals surface area contributed by atoms with Gasteiger partial charge in [-0.15, -0.1) is 0 Å². The number of furan rings is 1. The molecule has 0 radical (unpaired) electrons. The summed E-state index contributed by atoms with van der Waals surface area (Å²) in [6.07, 6.45) is 5.06. The van der Waals surface area contributed by atoms with Gasteiger partial charge in [0, 0.05) is 17.7 Å². The van der Waals surface area contributed by atoms with Crippen molar-refractivity contribution in [1.82, 2.24) is 5.01 Å². The zero-order valence-corrected chi connectivity index (χ0v) is 21.0. The Balaban J connectivity index is 1.47. The fourth-order valence-electron chi connectivity index (χ4n) is 5.49. The van der Waals surface area contributed by atoms with Gasteiger partial charge in [0.05, 0.1) is 22.4 Å². The maximum Gasteiger partial charge on any atom is 0.259 e. The quantitative estimate of drug-likeness (QED) is 0.395. The Morgan fingerprint density at radius 1 is 0.769 bits per heavy atom. The number of rotatable bonds is 3. The van der Waals surface area contributed by atoms with Crippen molar-refractivity contribution in [3.05, 3.63) is 130 Å². The summed E-state index contributed by atoms with van der Waals surface area (Å²) in [5.41, 5.74) is 5.01. The fourth-order valence-corrected chi connectivity index (χ4v) is 5.49. The van der Waals surface area contributed by atoms with E-state index in [0.717, 1.165) is 16.8 Å². The van der Waals surface area contributed by atoms with Gasteiger partial charge in [0.2, 0.25) is 17.5 Å². The van der Waals surface area contributed by atoms with Gasteiger partial charge in [-0.25, -0.2) is 10.0 Å². The van der Waals surface area contributed by atoms with Gasteiger partial charge >= 0.3 is 0 Å². The molecule has 39 heavy (non-hydrogen) atoms. The molecule has 4 aromatic rings. The smallest absolute Gasteiger partial charge is 0.259 e. The molecule has 1 aliphatic heterocycles. The number of ketones is 3. The normalized spacial score (nSPS) is 17.5. The van der Waals surface area contributed by atoms with Crippen LogP contribution in [0.4, 0.5) is 11.6 Å². The van der Waals surface area contributed by atoms with E-state index in [9.17, 15) is 14.4 Å². The Hall–Kier alpha value is -5.30. The van der Waals surface area contributed by atoms with Crippen LogP contribution in [0.3, 0.4) is 0 Å². The molecule has 7 heteroatoms. The first-order valence-electron chi connectivity index (χ1n) is 12.7. The second-order valence-corrected chi connectivity index (χ2v) is 9.39. The predicted molar refractivity (Wildman–Crippen MR) is 147 cm³/mol. The Morgan fingerprint density at radius 3 is 2.18 bits per heavy atom. The lowest BCUT2D eigenvalue weighted by molar-refractivity contribution is -0.370. The summed E-state index contributed by atoms with van der Waals surface area (Å²) < 4.78 is 6.25. The van der Waals surface area contributed by atoms with Crippen molar-refractivity contribution in [2.45, 2.75) is 6.92 Å². The average molecular weight is 513 g/mol. The van der Waals surface area contributed by atoms with Gasteiger partial charge in [-0.1, -0.05) is 60.7 Å². The highest BCUT2D eigenvalue weighted by molar-refractivity contribution is 6.50. The van der Waals surface area contributed by atoms with Crippen LogP contribution in [-0.2, 0) is 4.79 Å². The van der Waals surface area contributed by atoms with Gasteiger partial charge in [0.15, 0.2) is 17.7 Å². The summed E-state index contributed by atoms with van der Waals surface area (Å²) in [6.45, 7) is 2.52. The number of hydrazine groups is 1. The van der Waals surface area contributed by atoms with Crippen LogP contribution in [0.5, 0.6) is 0 Å². The molecule has 1 aromatic heterocycles. The van der Waals surface area contributed by atoms with Gasteiger partial charge in [0.25, 0.3) is 5.71 Å². The SMILES string of the molecule is CCN1C(=C[NH+]=C2C(=O)C=Cc3ccccc32)c2c(oc3c2C(=O)c2ccccc2C3=O)N1c1ccccc1. The van der Waals surface area contributed by atoms with E-state index in [4.69, 9.17) is 4.42 Å². The summed E-state index contributed by atoms with van der Waals surface area (Å²) in [4.78, 5) is 43.4. The summed E-state index contributed by atoms with van der Waals surface area (Å²) in [6, 6.07) is 24.1. The standard InChI is InChI=1S/C32H21N3O4/c1-2-34-24(18-33-28-21-13-7-6-10-19(21)16-17-25(28)36)26-27-29(37)22-14-8-9-15-23(22)30(38)31(27)39-32(26)35(34)20-11-4-3-5-12-20/h3-18H,2H2,1H3/p+1. The van der Waals surface area contributed by atoms with E-state index in [0.29, 0.717) is 40.5 Å². The number of anilines is 2. The van der Waals surface area contributed by atoms with Gasteiger partial charge in [-0.2, -0.15) is 0 Å². The maximum absolute atomic E-state index is 13.8. The number of nitrogens with one attached hydrogen (secondary N) is 1. The second-order valence-electron chi connectivity index (χ2n) is 9.39. The van der Waals surface area contributed by atoms with Crippen molar-refractivity contribution < 1.29 is 23.8 Å². The largest absolute Gasteiger partial charge is 0.433 e. The lowest BCUT2D eigenvalue weighted by atomic mass is 9.86. The number of hydrogen-bond acceptors (Lipinski definition) is 6. The Morgan fingerprint density at radius 2 is 1.44 bits per heavy atom. The summed E-state index contributed by atoms with van der Waals surface area (Å²) in [7, 11) is 0. The van der Waals surface area contributed by atoms with Gasteiger partial charge in [-0.05, 0) is 42.8 Å². The van der Waals surface area contributed by atoms with E-state index >= 15 is 0 Å². The highest BCUT2D eigenvalue weighted by Crippen LogP contribution is 2.49. The Labute approximate surface area is 224 Å². The Kier molecular flexibility index (Phi) is 5.06. The minimum Gasteiger partial charge on any atom is -0.433 e. The lowest BCUT2D eigenvalue weighted by Crippen LogP contribution is -2.69. The minimum absolute atomic E-state index is 0.0287. The molecule has 0 spiro atoms. The third-order valence-electron chi connectivity index (χ3n) is 7.25. The van der Waals surface area contributed by atoms with Crippen LogP contribution < -0.4 is 10.0 Å². The highest BCUT2D eigenvalue weighted by atomic mass is 16.4. The molecule has 0 saturated heterocycles. The number of carbonyl (C=O) groups is 3. The summed E-state index contributed by atoms with van der Waals surface area (Å²) in [5.74, 6) is -0.330. The van der Waals surface area contributed by atoms with Crippen LogP contribution >= 0.6 is 0 Å². The van der Waals surface area contributed by atoms with Crippen LogP contribution in [0.1, 0.15) is 55.7 Å². The third-order valence-corrected chi connectivity index (χ3v) is 7.25. The van der Waals surface area contributed by atoms with Crippen LogP contribution in [-0.4, -0.2) is 34.6 Å². The summed E-state index contributed by atoms with van der Waals surface area (Å²) >= 11 is 0. The molecule has 2 aliphatic carbocycles. The minimum atomic E-state index is -0.325. The topological polar surface area (TPSA) is 84.8 Å². The average Bonchev–Trinajstić information content (AvgIpc) is 3.50. The van der Waals surface area contributed by atoms with Crippen molar-refractivity contribution in [3.8, 4) is 0 Å². The second kappa shape index (κ2) is 8.63. The van der Waals surface area contributed by atoms with E-state index in [1.165, 1.54) is 6.08 Å². The van der Waals surface area contributed by atoms with E-state index in [1.807, 2.05) is 71.5 Å². The first-order valence-corrected chi connectivity index (χ1v) is 12.7. The number of hydrogen-bond donors (Lipinski definition) is 1. The van der Waals surface area contributed by atoms with Crippen LogP contribution in [0.15, 0.2) is 95.6 Å². The van der Waals surface area contributed by atoms with E-state index < -0.39 is 0 Å². The highest BCUT2D eigenvalue weighted by Gasteiger charge is 2.46. The molecule has 0 saturated carbocycles. The molecule has 0 unspecified atom stereocenters. The van der Waals surface area contributed by atoms with Crippen molar-refractivity contribution >= 4 is 46.4 Å². The zero-order chi connectivity index (χ0) is 26.7. The first-order chi connectivity index (χ1) is 19.1. The number of fused-ring (bicyclic) bond motifs is 5. The molecule has 2 heterocycles. The van der Waals surface area contributed by atoms with E-state index in [-0.39, 0.29) is 28.7 Å².